The minimum absolute atomic E-state index is 0.130. The van der Waals surface area contributed by atoms with E-state index in [1.807, 2.05) is 0 Å². The number of rotatable bonds is 8. The van der Waals surface area contributed by atoms with Crippen molar-refractivity contribution < 1.29 is 22.9 Å². The molecule has 0 aliphatic rings. The molecule has 29 heavy (non-hydrogen) atoms. The van der Waals surface area contributed by atoms with Crippen LogP contribution >= 0.6 is 11.6 Å². The van der Waals surface area contributed by atoms with Gasteiger partial charge in [-0.25, -0.2) is 0 Å². The molecule has 1 unspecified atom stereocenters. The van der Waals surface area contributed by atoms with Crippen LogP contribution in [0.2, 0.25) is 5.02 Å². The van der Waals surface area contributed by atoms with E-state index in [1.54, 1.807) is 13.8 Å². The number of hydrogen-bond donors (Lipinski definition) is 1. The first-order valence-electron chi connectivity index (χ1n) is 8.75. The summed E-state index contributed by atoms with van der Waals surface area (Å²) in [6.07, 6.45) is -3.97. The van der Waals surface area contributed by atoms with Gasteiger partial charge in [-0.2, -0.15) is 23.0 Å². The molecule has 2 aromatic heterocycles. The molecule has 9 nitrogen and oxygen atoms in total. The highest BCUT2D eigenvalue weighted by atomic mass is 35.5. The van der Waals surface area contributed by atoms with Gasteiger partial charge in [0.05, 0.1) is 27.6 Å². The normalized spacial score (nSPS) is 12.8. The van der Waals surface area contributed by atoms with Gasteiger partial charge in [-0.15, -0.1) is 0 Å². The fourth-order valence-corrected chi connectivity index (χ4v) is 3.07. The average Bonchev–Trinajstić information content (AvgIpc) is 3.14. The van der Waals surface area contributed by atoms with Crippen molar-refractivity contribution in [2.45, 2.75) is 52.4 Å². The van der Waals surface area contributed by atoms with Gasteiger partial charge in [0, 0.05) is 13.1 Å². The number of carbonyl (C=O) groups is 1. The molecule has 2 rings (SSSR count). The first-order valence-corrected chi connectivity index (χ1v) is 9.13. The van der Waals surface area contributed by atoms with E-state index in [2.05, 4.69) is 15.5 Å². The number of nitrogens with zero attached hydrogens (tertiary/aromatic N) is 5. The van der Waals surface area contributed by atoms with Crippen LogP contribution in [0, 0.1) is 24.0 Å². The lowest BCUT2D eigenvalue weighted by atomic mass is 10.2. The number of aromatic nitrogens is 4. The lowest BCUT2D eigenvalue weighted by Crippen LogP contribution is -2.34. The van der Waals surface area contributed by atoms with Gasteiger partial charge in [0.2, 0.25) is 5.91 Å². The molecule has 0 aromatic carbocycles. The summed E-state index contributed by atoms with van der Waals surface area (Å²) in [7, 11) is 0. The largest absolute Gasteiger partial charge is 0.436 e. The first-order chi connectivity index (χ1) is 13.5. The van der Waals surface area contributed by atoms with Crippen molar-refractivity contribution in [1.82, 2.24) is 24.9 Å². The van der Waals surface area contributed by atoms with Gasteiger partial charge in [-0.3, -0.25) is 9.48 Å². The zero-order chi connectivity index (χ0) is 21.9. The molecule has 2 heterocycles. The van der Waals surface area contributed by atoms with E-state index in [9.17, 15) is 28.1 Å². The standard InChI is InChI=1S/C16H20ClF3N6O3/c1-4-11(25-9(2)8-12(22-25)26(28)29)15(27)21-6-5-7-24-10(3)13(17)14(23-24)16(18,19)20/h8,11H,4-7H2,1-3H3,(H,21,27). The number of carbonyl (C=O) groups excluding carboxylic acids is 1. The second-order valence-electron chi connectivity index (χ2n) is 6.38. The molecule has 0 saturated heterocycles. The molecule has 0 aliphatic carbocycles. The quantitative estimate of drug-likeness (QED) is 0.387. The van der Waals surface area contributed by atoms with Gasteiger partial charge < -0.3 is 15.4 Å². The van der Waals surface area contributed by atoms with E-state index in [0.29, 0.717) is 18.5 Å². The van der Waals surface area contributed by atoms with Gasteiger partial charge in [0.15, 0.2) is 11.7 Å². The highest BCUT2D eigenvalue weighted by Crippen LogP contribution is 2.35. The summed E-state index contributed by atoms with van der Waals surface area (Å²) in [6, 6.07) is 0.541. The Labute approximate surface area is 169 Å². The molecule has 1 N–H and O–H groups in total. The lowest BCUT2D eigenvalue weighted by Gasteiger charge is -2.14. The summed E-state index contributed by atoms with van der Waals surface area (Å²) < 4.78 is 41.0. The maximum atomic E-state index is 12.8. The number of nitro groups is 1. The van der Waals surface area contributed by atoms with Gasteiger partial charge >= 0.3 is 12.0 Å². The van der Waals surface area contributed by atoms with Crippen LogP contribution in [0.25, 0.3) is 0 Å². The minimum atomic E-state index is -4.64. The SMILES string of the molecule is CCC(C(=O)NCCCn1nc(C(F)(F)F)c(Cl)c1C)n1nc([N+](=O)[O-])cc1C. The van der Waals surface area contributed by atoms with Crippen LogP contribution in [0.4, 0.5) is 19.0 Å². The molecule has 0 spiro atoms. The van der Waals surface area contributed by atoms with Crippen LogP contribution in [-0.2, 0) is 17.5 Å². The summed E-state index contributed by atoms with van der Waals surface area (Å²) in [6.45, 7) is 5.09. The van der Waals surface area contributed by atoms with Crippen LogP contribution in [0.3, 0.4) is 0 Å². The predicted molar refractivity (Wildman–Crippen MR) is 97.5 cm³/mol. The zero-order valence-corrected chi connectivity index (χ0v) is 16.7. The lowest BCUT2D eigenvalue weighted by molar-refractivity contribution is -0.389. The molecular weight excluding hydrogens is 417 g/mol. The summed E-state index contributed by atoms with van der Waals surface area (Å²) >= 11 is 5.70. The number of alkyl halides is 3. The van der Waals surface area contributed by atoms with E-state index in [-0.39, 0.29) is 30.5 Å². The van der Waals surface area contributed by atoms with Gasteiger partial charge in [0.1, 0.15) is 0 Å². The highest BCUT2D eigenvalue weighted by molar-refractivity contribution is 6.31. The Morgan fingerprint density at radius 2 is 2.03 bits per heavy atom. The van der Waals surface area contributed by atoms with E-state index in [0.717, 1.165) is 4.68 Å². The van der Waals surface area contributed by atoms with E-state index >= 15 is 0 Å². The van der Waals surface area contributed by atoms with Crippen LogP contribution in [-0.4, -0.2) is 36.9 Å². The highest BCUT2D eigenvalue weighted by Gasteiger charge is 2.38. The third-order valence-corrected chi connectivity index (χ3v) is 4.78. The fraction of sp³-hybridized carbons (Fsp3) is 0.562. The van der Waals surface area contributed by atoms with Gasteiger partial charge in [0.25, 0.3) is 0 Å². The van der Waals surface area contributed by atoms with Gasteiger partial charge in [-0.1, -0.05) is 18.5 Å². The Balaban J connectivity index is 1.97. The zero-order valence-electron chi connectivity index (χ0n) is 16.0. The number of halogens is 4. The molecule has 1 amide bonds. The topological polar surface area (TPSA) is 108 Å². The minimum Gasteiger partial charge on any atom is -0.358 e. The second-order valence-corrected chi connectivity index (χ2v) is 6.76. The number of amides is 1. The summed E-state index contributed by atoms with van der Waals surface area (Å²) in [5, 5.41) is 20.4. The number of nitrogens with one attached hydrogen (secondary N) is 1. The van der Waals surface area contributed by atoms with Crippen molar-refractivity contribution in [3.63, 3.8) is 0 Å². The Morgan fingerprint density at radius 3 is 2.52 bits per heavy atom. The monoisotopic (exact) mass is 436 g/mol. The first kappa shape index (κ1) is 22.7. The van der Waals surface area contributed by atoms with Crippen molar-refractivity contribution >= 4 is 23.3 Å². The average molecular weight is 437 g/mol. The molecule has 0 saturated carbocycles. The molecule has 2 aromatic rings. The molecule has 0 radical (unpaired) electrons. The summed E-state index contributed by atoms with van der Waals surface area (Å²) in [5.74, 6) is -0.736. The fourth-order valence-electron chi connectivity index (χ4n) is 2.83. The molecule has 0 aliphatic heterocycles. The smallest absolute Gasteiger partial charge is 0.358 e. The van der Waals surface area contributed by atoms with Crippen LogP contribution in [0.15, 0.2) is 6.07 Å². The molecule has 0 bridgehead atoms. The Bertz CT molecular complexity index is 909. The predicted octanol–water partition coefficient (Wildman–Crippen LogP) is 3.43. The van der Waals surface area contributed by atoms with Crippen molar-refractivity contribution in [3.8, 4) is 0 Å². The van der Waals surface area contributed by atoms with Crippen LogP contribution in [0.1, 0.15) is 42.9 Å². The maximum Gasteiger partial charge on any atom is 0.436 e. The molecule has 0 fully saturated rings. The van der Waals surface area contributed by atoms with Crippen molar-refractivity contribution in [1.29, 1.82) is 0 Å². The molecule has 13 heteroatoms. The van der Waals surface area contributed by atoms with Crippen LogP contribution in [0.5, 0.6) is 0 Å². The van der Waals surface area contributed by atoms with Crippen molar-refractivity contribution in [2.24, 2.45) is 0 Å². The molecular formula is C16H20ClF3N6O3. The van der Waals surface area contributed by atoms with Crippen LogP contribution < -0.4 is 5.32 Å². The third-order valence-electron chi connectivity index (χ3n) is 4.33. The molecule has 1 atom stereocenters. The van der Waals surface area contributed by atoms with E-state index < -0.39 is 27.9 Å². The Morgan fingerprint density at radius 1 is 1.38 bits per heavy atom. The Kier molecular flexibility index (Phi) is 6.88. The second kappa shape index (κ2) is 8.80. The number of hydrogen-bond acceptors (Lipinski definition) is 5. The third kappa shape index (κ3) is 5.05. The summed E-state index contributed by atoms with van der Waals surface area (Å²) in [5.41, 5.74) is -0.473. The van der Waals surface area contributed by atoms with Crippen molar-refractivity contribution in [2.75, 3.05) is 6.54 Å². The summed E-state index contributed by atoms with van der Waals surface area (Å²) in [4.78, 5) is 22.7. The molecule has 160 valence electrons. The maximum absolute atomic E-state index is 12.8. The number of aryl methyl sites for hydroxylation is 2. The Hall–Kier alpha value is -2.63. The van der Waals surface area contributed by atoms with Gasteiger partial charge in [-0.05, 0) is 31.6 Å². The van der Waals surface area contributed by atoms with E-state index in [1.165, 1.54) is 17.7 Å². The van der Waals surface area contributed by atoms with Crippen molar-refractivity contribution in [3.05, 3.63) is 38.3 Å². The van der Waals surface area contributed by atoms with E-state index in [4.69, 9.17) is 11.6 Å².